The molecule has 0 amide bonds. The Bertz CT molecular complexity index is 1340. The van der Waals surface area contributed by atoms with Crippen LogP contribution >= 0.6 is 11.3 Å². The Hall–Kier alpha value is -3.11. The van der Waals surface area contributed by atoms with Gasteiger partial charge in [-0.15, -0.1) is 71.8 Å². The summed E-state index contributed by atoms with van der Waals surface area (Å²) in [4.78, 5) is 8.76. The molecule has 0 aliphatic carbocycles. The number of aromatic nitrogens is 2. The molecule has 3 aromatic carbocycles. The van der Waals surface area contributed by atoms with Gasteiger partial charge in [-0.3, -0.25) is 4.98 Å². The quantitative estimate of drug-likeness (QED) is 0.201. The monoisotopic (exact) mass is 597 g/mol. The Morgan fingerprint density at radius 1 is 0.742 bits per heavy atom. The first-order valence-electron chi connectivity index (χ1n) is 9.52. The zero-order valence-corrected chi connectivity index (χ0v) is 19.5. The van der Waals surface area contributed by atoms with E-state index in [9.17, 15) is 0 Å². The molecule has 0 atom stereocenters. The molecule has 3 aromatic heterocycles. The summed E-state index contributed by atoms with van der Waals surface area (Å²) in [5.41, 5.74) is 4.64. The van der Waals surface area contributed by atoms with Crippen molar-refractivity contribution in [2.24, 2.45) is 0 Å². The number of furan rings is 1. The smallest absolute Gasteiger partial charge is 0.228 e. The summed E-state index contributed by atoms with van der Waals surface area (Å²) in [5, 5.41) is 2.09. The zero-order chi connectivity index (χ0) is 20.2. The van der Waals surface area contributed by atoms with Crippen LogP contribution < -0.4 is 0 Å². The molecule has 0 saturated carbocycles. The van der Waals surface area contributed by atoms with Crippen LogP contribution in [0.25, 0.3) is 43.2 Å². The second kappa shape index (κ2) is 9.80. The Morgan fingerprint density at radius 2 is 1.45 bits per heavy atom. The van der Waals surface area contributed by atoms with Crippen molar-refractivity contribution in [1.29, 1.82) is 0 Å². The summed E-state index contributed by atoms with van der Waals surface area (Å²) >= 11 is 1.65. The molecule has 0 fully saturated rings. The number of fused-ring (bicyclic) bond motifs is 3. The predicted molar refractivity (Wildman–Crippen MR) is 122 cm³/mol. The second-order valence-electron chi connectivity index (χ2n) is 6.52. The van der Waals surface area contributed by atoms with Gasteiger partial charge in [0.25, 0.3) is 0 Å². The molecule has 31 heavy (non-hydrogen) atoms. The third-order valence-corrected chi connectivity index (χ3v) is 5.63. The van der Waals surface area contributed by atoms with Crippen LogP contribution in [0.3, 0.4) is 0 Å². The van der Waals surface area contributed by atoms with Crippen LogP contribution in [-0.4, -0.2) is 9.97 Å². The van der Waals surface area contributed by atoms with E-state index in [1.165, 1.54) is 0 Å². The van der Waals surface area contributed by atoms with Crippen LogP contribution in [0.1, 0.15) is 0 Å². The minimum Gasteiger partial charge on any atom is -0.438 e. The van der Waals surface area contributed by atoms with Crippen LogP contribution in [0, 0.1) is 12.1 Å². The average Bonchev–Trinajstić information content (AvgIpc) is 3.40. The molecular formula is C26H16IrN2OS-2. The summed E-state index contributed by atoms with van der Waals surface area (Å²) in [6.07, 6.45) is 1.79. The number of para-hydroxylation sites is 1. The first-order valence-corrected chi connectivity index (χ1v) is 10.3. The molecule has 153 valence electrons. The zero-order valence-electron chi connectivity index (χ0n) is 16.3. The van der Waals surface area contributed by atoms with Crippen molar-refractivity contribution >= 4 is 32.7 Å². The van der Waals surface area contributed by atoms with Gasteiger partial charge in [-0.1, -0.05) is 24.3 Å². The van der Waals surface area contributed by atoms with Gasteiger partial charge in [0, 0.05) is 36.7 Å². The van der Waals surface area contributed by atoms with Crippen molar-refractivity contribution in [1.82, 2.24) is 9.97 Å². The number of pyridine rings is 1. The van der Waals surface area contributed by atoms with E-state index in [-0.39, 0.29) is 20.1 Å². The van der Waals surface area contributed by atoms with E-state index in [1.807, 2.05) is 84.9 Å². The molecule has 0 saturated heterocycles. The van der Waals surface area contributed by atoms with Crippen molar-refractivity contribution in [3.8, 4) is 21.8 Å². The van der Waals surface area contributed by atoms with Gasteiger partial charge >= 0.3 is 0 Å². The van der Waals surface area contributed by atoms with Gasteiger partial charge in [0.05, 0.1) is 4.70 Å². The van der Waals surface area contributed by atoms with E-state index in [0.717, 1.165) is 37.5 Å². The molecule has 0 aliphatic heterocycles. The fourth-order valence-electron chi connectivity index (χ4n) is 3.11. The van der Waals surface area contributed by atoms with Crippen LogP contribution in [0.15, 0.2) is 102 Å². The second-order valence-corrected chi connectivity index (χ2v) is 7.52. The number of hydrogen-bond donors (Lipinski definition) is 0. The maximum atomic E-state index is 5.74. The van der Waals surface area contributed by atoms with Crippen LogP contribution in [0.4, 0.5) is 0 Å². The number of rotatable bonds is 2. The molecule has 0 spiro atoms. The standard InChI is InChI=1S/C15H8NOS.C11H8N.Ir/c1-2-6-10(7-3-1)15-16-14-13(18-15)11-8-4-5-9-12(11)17-14;1-2-6-10(7-3-1)11-8-4-5-9-12-11;/h1-6,8-9H;1-6,8-9H;/q2*-1;. The maximum absolute atomic E-state index is 5.74. The van der Waals surface area contributed by atoms with Crippen LogP contribution in [-0.2, 0) is 20.1 Å². The largest absolute Gasteiger partial charge is 0.438 e. The molecule has 3 nitrogen and oxygen atoms in total. The Balaban J connectivity index is 0.000000156. The molecule has 3 heterocycles. The van der Waals surface area contributed by atoms with Gasteiger partial charge in [0.2, 0.25) is 5.71 Å². The normalized spacial score (nSPS) is 10.3. The Labute approximate surface area is 197 Å². The van der Waals surface area contributed by atoms with Gasteiger partial charge in [0.1, 0.15) is 5.58 Å². The third kappa shape index (κ3) is 4.64. The summed E-state index contributed by atoms with van der Waals surface area (Å²) in [6, 6.07) is 35.9. The summed E-state index contributed by atoms with van der Waals surface area (Å²) < 4.78 is 6.85. The molecule has 6 rings (SSSR count). The average molecular weight is 597 g/mol. The van der Waals surface area contributed by atoms with Crippen molar-refractivity contribution < 1.29 is 24.5 Å². The van der Waals surface area contributed by atoms with Gasteiger partial charge in [0.15, 0.2) is 0 Å². The van der Waals surface area contributed by atoms with E-state index in [2.05, 4.69) is 28.2 Å². The minimum atomic E-state index is 0. The number of hydrogen-bond acceptors (Lipinski definition) is 4. The SMILES string of the molecule is [Ir].[c-]1ccccc1-c1ccccn1.[c-]1ccccc1-c1nc2oc3ccccc3c2s1. The van der Waals surface area contributed by atoms with Crippen molar-refractivity contribution in [3.05, 3.63) is 109 Å². The Kier molecular flexibility index (Phi) is 6.68. The van der Waals surface area contributed by atoms with E-state index in [4.69, 9.17) is 4.42 Å². The number of thiazole rings is 1. The maximum Gasteiger partial charge on any atom is 0.228 e. The van der Waals surface area contributed by atoms with E-state index in [1.54, 1.807) is 17.5 Å². The van der Waals surface area contributed by atoms with Gasteiger partial charge in [-0.2, -0.15) is 11.3 Å². The summed E-state index contributed by atoms with van der Waals surface area (Å²) in [6.45, 7) is 0. The fourth-order valence-corrected chi connectivity index (χ4v) is 4.12. The molecular weight excluding hydrogens is 581 g/mol. The summed E-state index contributed by atoms with van der Waals surface area (Å²) in [5.74, 6) is 0. The third-order valence-electron chi connectivity index (χ3n) is 4.52. The summed E-state index contributed by atoms with van der Waals surface area (Å²) in [7, 11) is 0. The minimum absolute atomic E-state index is 0. The van der Waals surface area contributed by atoms with Crippen molar-refractivity contribution in [2.45, 2.75) is 0 Å². The van der Waals surface area contributed by atoms with E-state index >= 15 is 0 Å². The van der Waals surface area contributed by atoms with Crippen LogP contribution in [0.5, 0.6) is 0 Å². The van der Waals surface area contributed by atoms with Crippen molar-refractivity contribution in [3.63, 3.8) is 0 Å². The first-order chi connectivity index (χ1) is 14.9. The van der Waals surface area contributed by atoms with E-state index in [0.29, 0.717) is 5.71 Å². The first kappa shape index (κ1) is 21.1. The van der Waals surface area contributed by atoms with Crippen LogP contribution in [0.2, 0.25) is 0 Å². The molecule has 1 radical (unpaired) electrons. The topological polar surface area (TPSA) is 38.9 Å². The molecule has 0 bridgehead atoms. The molecule has 6 aromatic rings. The molecule has 5 heteroatoms. The molecule has 0 unspecified atom stereocenters. The fraction of sp³-hybridized carbons (Fsp3) is 0. The Morgan fingerprint density at radius 3 is 2.16 bits per heavy atom. The van der Waals surface area contributed by atoms with Gasteiger partial charge < -0.3 is 9.40 Å². The van der Waals surface area contributed by atoms with Gasteiger partial charge in [-0.05, 0) is 23.9 Å². The van der Waals surface area contributed by atoms with Crippen molar-refractivity contribution in [2.75, 3.05) is 0 Å². The molecule has 0 aliphatic rings. The number of benzene rings is 3. The predicted octanol–water partition coefficient (Wildman–Crippen LogP) is 7.06. The number of nitrogens with zero attached hydrogens (tertiary/aromatic N) is 2. The van der Waals surface area contributed by atoms with Gasteiger partial charge in [-0.25, -0.2) is 0 Å². The van der Waals surface area contributed by atoms with E-state index < -0.39 is 0 Å². The molecule has 0 N–H and O–H groups in total.